The average molecular weight is 474 g/mol. The van der Waals surface area contributed by atoms with Gasteiger partial charge in [-0.1, -0.05) is 65.4 Å². The molecule has 3 aromatic carbocycles. The van der Waals surface area contributed by atoms with Crippen molar-refractivity contribution in [3.63, 3.8) is 0 Å². The maximum Gasteiger partial charge on any atom is 0.264 e. The summed E-state index contributed by atoms with van der Waals surface area (Å²) >= 11 is 7.82. The third-order valence-corrected chi connectivity index (χ3v) is 6.65. The van der Waals surface area contributed by atoms with E-state index in [1.165, 1.54) is 11.3 Å². The van der Waals surface area contributed by atoms with Crippen LogP contribution in [0.5, 0.6) is 5.75 Å². The van der Waals surface area contributed by atoms with Crippen LogP contribution in [-0.4, -0.2) is 22.5 Å². The number of para-hydroxylation sites is 1. The van der Waals surface area contributed by atoms with Crippen LogP contribution < -0.4 is 9.64 Å². The Balaban J connectivity index is 1.69. The molecule has 5 aromatic rings. The minimum atomic E-state index is -0.186. The van der Waals surface area contributed by atoms with E-state index in [0.717, 1.165) is 21.0 Å². The van der Waals surface area contributed by atoms with Gasteiger partial charge in [0.25, 0.3) is 5.91 Å². The number of ether oxygens (including phenoxy) is 1. The summed E-state index contributed by atoms with van der Waals surface area (Å²) in [5, 5.41) is 2.94. The van der Waals surface area contributed by atoms with Crippen molar-refractivity contribution in [1.82, 2.24) is 9.97 Å². The van der Waals surface area contributed by atoms with E-state index in [-0.39, 0.29) is 5.91 Å². The minimum absolute atomic E-state index is 0.186. The van der Waals surface area contributed by atoms with Crippen molar-refractivity contribution < 1.29 is 9.53 Å². The molecule has 5 rings (SSSR count). The Hall–Kier alpha value is -3.48. The van der Waals surface area contributed by atoms with Crippen LogP contribution in [0.25, 0.3) is 21.0 Å². The first-order valence-corrected chi connectivity index (χ1v) is 11.8. The minimum Gasteiger partial charge on any atom is -0.493 e. The molecule has 0 radical (unpaired) electrons. The lowest BCUT2D eigenvalue weighted by molar-refractivity contribution is 0.0983. The van der Waals surface area contributed by atoms with Gasteiger partial charge >= 0.3 is 0 Å². The van der Waals surface area contributed by atoms with E-state index in [1.54, 1.807) is 23.4 Å². The molecule has 0 aliphatic rings. The van der Waals surface area contributed by atoms with E-state index in [9.17, 15) is 4.79 Å². The number of halogens is 1. The van der Waals surface area contributed by atoms with Gasteiger partial charge < -0.3 is 4.74 Å². The van der Waals surface area contributed by atoms with Crippen molar-refractivity contribution in [3.8, 4) is 5.75 Å². The van der Waals surface area contributed by atoms with Gasteiger partial charge in [-0.05, 0) is 47.5 Å². The second kappa shape index (κ2) is 9.17. The van der Waals surface area contributed by atoms with Gasteiger partial charge in [0.05, 0.1) is 28.4 Å². The predicted octanol–water partition coefficient (Wildman–Crippen LogP) is 6.74. The molecule has 0 spiro atoms. The molecule has 33 heavy (non-hydrogen) atoms. The van der Waals surface area contributed by atoms with Crippen LogP contribution in [0.4, 0.5) is 5.13 Å². The first-order chi connectivity index (χ1) is 16.2. The molecule has 0 atom stereocenters. The van der Waals surface area contributed by atoms with E-state index in [4.69, 9.17) is 21.3 Å². The van der Waals surface area contributed by atoms with Crippen molar-refractivity contribution in [2.24, 2.45) is 0 Å². The molecule has 0 saturated carbocycles. The molecule has 0 aliphatic carbocycles. The average Bonchev–Trinajstić information content (AvgIpc) is 3.28. The van der Waals surface area contributed by atoms with Crippen LogP contribution in [0.3, 0.4) is 0 Å². The number of fused-ring (bicyclic) bond motifs is 2. The molecule has 7 heteroatoms. The Bertz CT molecular complexity index is 1450. The summed E-state index contributed by atoms with van der Waals surface area (Å²) in [6.45, 7) is 2.68. The molecule has 2 aromatic heterocycles. The Labute approximate surface area is 200 Å². The van der Waals surface area contributed by atoms with Gasteiger partial charge in [-0.15, -0.1) is 0 Å². The molecule has 1 amide bonds. The number of hydrogen-bond donors (Lipinski definition) is 0. The van der Waals surface area contributed by atoms with Crippen LogP contribution >= 0.6 is 22.9 Å². The zero-order valence-corrected chi connectivity index (χ0v) is 19.4. The zero-order valence-electron chi connectivity index (χ0n) is 17.9. The highest BCUT2D eigenvalue weighted by atomic mass is 35.5. The maximum absolute atomic E-state index is 14.2. The summed E-state index contributed by atoms with van der Waals surface area (Å²) in [6, 6.07) is 21.1. The number of anilines is 1. The fraction of sp³-hybridized carbons (Fsp3) is 0.115. The van der Waals surface area contributed by atoms with E-state index >= 15 is 0 Å². The van der Waals surface area contributed by atoms with Crippen molar-refractivity contribution in [2.45, 2.75) is 13.5 Å². The Morgan fingerprint density at radius 2 is 1.94 bits per heavy atom. The smallest absolute Gasteiger partial charge is 0.264 e. The molecule has 0 saturated heterocycles. The SMILES string of the molecule is CCOc1ccc2ccccc2c1C(=O)N(Cc1cccnc1)c1nc2c(Cl)cccc2s1. The van der Waals surface area contributed by atoms with Gasteiger partial charge in [0.15, 0.2) is 5.13 Å². The number of carbonyl (C=O) groups excluding carboxylic acids is 1. The third kappa shape index (κ3) is 4.15. The highest BCUT2D eigenvalue weighted by Gasteiger charge is 2.27. The van der Waals surface area contributed by atoms with Gasteiger partial charge in [0.2, 0.25) is 0 Å². The Morgan fingerprint density at radius 3 is 2.73 bits per heavy atom. The van der Waals surface area contributed by atoms with Crippen LogP contribution in [-0.2, 0) is 6.54 Å². The summed E-state index contributed by atoms with van der Waals surface area (Å²) < 4.78 is 6.80. The van der Waals surface area contributed by atoms with Gasteiger partial charge in [-0.25, -0.2) is 4.98 Å². The van der Waals surface area contributed by atoms with Crippen LogP contribution in [0.15, 0.2) is 79.1 Å². The number of amides is 1. The number of pyridine rings is 1. The number of rotatable bonds is 6. The molecule has 164 valence electrons. The second-order valence-corrected chi connectivity index (χ2v) is 8.84. The summed E-state index contributed by atoms with van der Waals surface area (Å²) in [7, 11) is 0. The monoisotopic (exact) mass is 473 g/mol. The number of carbonyl (C=O) groups is 1. The maximum atomic E-state index is 14.2. The largest absolute Gasteiger partial charge is 0.493 e. The summed E-state index contributed by atoms with van der Waals surface area (Å²) in [4.78, 5) is 24.8. The van der Waals surface area contributed by atoms with Gasteiger partial charge in [-0.2, -0.15) is 0 Å². The molecular weight excluding hydrogens is 454 g/mol. The van der Waals surface area contributed by atoms with Crippen LogP contribution in [0.1, 0.15) is 22.8 Å². The van der Waals surface area contributed by atoms with E-state index in [1.807, 2.05) is 67.6 Å². The number of hydrogen-bond acceptors (Lipinski definition) is 5. The molecule has 0 fully saturated rings. The highest BCUT2D eigenvalue weighted by Crippen LogP contribution is 2.36. The molecular formula is C26H20ClN3O2S. The fourth-order valence-electron chi connectivity index (χ4n) is 3.80. The van der Waals surface area contributed by atoms with Crippen molar-refractivity contribution in [2.75, 3.05) is 11.5 Å². The van der Waals surface area contributed by atoms with E-state index < -0.39 is 0 Å². The van der Waals surface area contributed by atoms with Crippen LogP contribution in [0.2, 0.25) is 5.02 Å². The van der Waals surface area contributed by atoms with Gasteiger partial charge in [0, 0.05) is 12.4 Å². The number of nitrogens with zero attached hydrogens (tertiary/aromatic N) is 3. The normalized spacial score (nSPS) is 11.1. The lowest BCUT2D eigenvalue weighted by Crippen LogP contribution is -2.31. The van der Waals surface area contributed by atoms with Crippen molar-refractivity contribution in [1.29, 1.82) is 0 Å². The first-order valence-electron chi connectivity index (χ1n) is 10.6. The molecule has 0 N–H and O–H groups in total. The summed E-state index contributed by atoms with van der Waals surface area (Å²) in [5.74, 6) is 0.366. The first kappa shape index (κ1) is 21.4. The molecule has 2 heterocycles. The predicted molar refractivity (Wildman–Crippen MR) is 134 cm³/mol. The lowest BCUT2D eigenvalue weighted by Gasteiger charge is -2.22. The van der Waals surface area contributed by atoms with Crippen LogP contribution in [0, 0.1) is 0 Å². The fourth-order valence-corrected chi connectivity index (χ4v) is 5.07. The molecule has 0 aliphatic heterocycles. The lowest BCUT2D eigenvalue weighted by atomic mass is 10.0. The highest BCUT2D eigenvalue weighted by molar-refractivity contribution is 7.22. The second-order valence-electron chi connectivity index (χ2n) is 7.43. The summed E-state index contributed by atoms with van der Waals surface area (Å²) in [5.41, 5.74) is 2.10. The van der Waals surface area contributed by atoms with E-state index in [0.29, 0.717) is 40.1 Å². The van der Waals surface area contributed by atoms with Crippen molar-refractivity contribution in [3.05, 3.63) is 95.3 Å². The number of benzene rings is 3. The quantitative estimate of drug-likeness (QED) is 0.274. The topological polar surface area (TPSA) is 55.3 Å². The summed E-state index contributed by atoms with van der Waals surface area (Å²) in [6.07, 6.45) is 3.47. The number of thiazole rings is 1. The third-order valence-electron chi connectivity index (χ3n) is 5.30. The standard InChI is InChI=1S/C26H20ClN3O2S/c1-2-32-21-13-12-18-8-3-4-9-19(18)23(21)25(31)30(16-17-7-6-14-28-15-17)26-29-24-20(27)10-5-11-22(24)33-26/h3-15H,2,16H2,1H3. The van der Waals surface area contributed by atoms with Gasteiger partial charge in [0.1, 0.15) is 11.3 Å². The molecule has 0 unspecified atom stereocenters. The van der Waals surface area contributed by atoms with Gasteiger partial charge in [-0.3, -0.25) is 14.7 Å². The van der Waals surface area contributed by atoms with E-state index in [2.05, 4.69) is 4.98 Å². The zero-order chi connectivity index (χ0) is 22.8. The molecule has 0 bridgehead atoms. The Morgan fingerprint density at radius 1 is 1.06 bits per heavy atom. The molecule has 5 nitrogen and oxygen atoms in total. The van der Waals surface area contributed by atoms with Crippen molar-refractivity contribution >= 4 is 55.0 Å². The number of aromatic nitrogens is 2. The Kier molecular flexibility index (Phi) is 5.94.